The van der Waals surface area contributed by atoms with Gasteiger partial charge in [0, 0.05) is 31.2 Å². The monoisotopic (exact) mass is 517 g/mol. The molecule has 0 atom stereocenters. The first-order valence-corrected chi connectivity index (χ1v) is 12.0. The zero-order valence-corrected chi connectivity index (χ0v) is 21.5. The Labute approximate surface area is 212 Å². The highest BCUT2D eigenvalue weighted by molar-refractivity contribution is 7.07. The summed E-state index contributed by atoms with van der Waals surface area (Å²) in [6, 6.07) is 8.77. The fourth-order valence-corrected chi connectivity index (χ4v) is 4.02. The first kappa shape index (κ1) is 28.7. The molecular weight excluding hydrogens is 486 g/mol. The number of nitrogens with one attached hydrogen (secondary N) is 3. The number of nitriles is 1. The maximum atomic E-state index is 12.9. The van der Waals surface area contributed by atoms with E-state index in [1.165, 1.54) is 10.8 Å². The minimum atomic E-state index is -0.930. The van der Waals surface area contributed by atoms with Gasteiger partial charge in [0.15, 0.2) is 5.57 Å². The van der Waals surface area contributed by atoms with E-state index in [4.69, 9.17) is 9.47 Å². The van der Waals surface area contributed by atoms with E-state index in [1.54, 1.807) is 52.1 Å². The largest absolute Gasteiger partial charge is 0.394 e. The standard InChI is InChI=1S/C24H31N5O6S/c1-5-29-22(33)19(36-23(29)18(12-25)21(32)28-24(2,3)15-30)13-26-16-7-6-8-17(11-16)27-20(31)14-35-10-9-34-4/h6-8,11,13,26,30H,5,9-10,14-15H2,1-4H3,(H,27,31)(H,28,32)/b19-13?,23-18-. The molecule has 0 aliphatic carbocycles. The zero-order chi connectivity index (χ0) is 26.7. The van der Waals surface area contributed by atoms with Crippen molar-refractivity contribution in [1.29, 1.82) is 5.26 Å². The maximum absolute atomic E-state index is 12.9. The van der Waals surface area contributed by atoms with Crippen LogP contribution in [0.3, 0.4) is 0 Å². The van der Waals surface area contributed by atoms with Gasteiger partial charge >= 0.3 is 0 Å². The van der Waals surface area contributed by atoms with E-state index in [2.05, 4.69) is 16.0 Å². The van der Waals surface area contributed by atoms with E-state index in [-0.39, 0.29) is 46.0 Å². The number of hydrogen-bond acceptors (Lipinski definition) is 9. The summed E-state index contributed by atoms with van der Waals surface area (Å²) in [4.78, 5) is 37.6. The van der Waals surface area contributed by atoms with Gasteiger partial charge in [0.05, 0.1) is 25.4 Å². The molecule has 36 heavy (non-hydrogen) atoms. The van der Waals surface area contributed by atoms with Crippen LogP contribution < -0.4 is 30.7 Å². The van der Waals surface area contributed by atoms with Crippen molar-refractivity contribution >= 4 is 46.3 Å². The SMILES string of the molecule is CCn1c(=O)c(=CNc2cccc(NC(=O)COCCOC)c2)s/c1=C(/C#N)C(=O)NC(C)(C)CO. The number of nitrogens with zero attached hydrogens (tertiary/aromatic N) is 2. The van der Waals surface area contributed by atoms with Crippen molar-refractivity contribution in [3.8, 4) is 6.07 Å². The van der Waals surface area contributed by atoms with Crippen LogP contribution in [-0.4, -0.2) is 60.6 Å². The Hall–Kier alpha value is -3.50. The van der Waals surface area contributed by atoms with Gasteiger partial charge in [0.2, 0.25) is 5.91 Å². The molecule has 0 radical (unpaired) electrons. The number of anilines is 2. The lowest BCUT2D eigenvalue weighted by molar-refractivity contribution is -0.121. The highest BCUT2D eigenvalue weighted by Gasteiger charge is 2.23. The lowest BCUT2D eigenvalue weighted by atomic mass is 10.1. The third-order valence-corrected chi connectivity index (χ3v) is 5.94. The van der Waals surface area contributed by atoms with Crippen LogP contribution in [0.5, 0.6) is 0 Å². The molecule has 0 bridgehead atoms. The molecule has 0 saturated carbocycles. The second-order valence-corrected chi connectivity index (χ2v) is 9.30. The number of methoxy groups -OCH3 is 1. The first-order chi connectivity index (χ1) is 17.1. The number of aliphatic hydroxyl groups is 1. The minimum absolute atomic E-state index is 0.109. The number of ether oxygens (including phenoxy) is 2. The number of carbonyl (C=O) groups is 2. The average molecular weight is 518 g/mol. The highest BCUT2D eigenvalue weighted by atomic mass is 32.1. The number of carbonyl (C=O) groups excluding carboxylic acids is 2. The van der Waals surface area contributed by atoms with Gasteiger partial charge in [-0.05, 0) is 39.0 Å². The molecule has 1 aromatic heterocycles. The van der Waals surface area contributed by atoms with Crippen LogP contribution in [-0.2, 0) is 25.6 Å². The summed E-state index contributed by atoms with van der Waals surface area (Å²) in [5.74, 6) is -0.989. The molecule has 2 aromatic rings. The van der Waals surface area contributed by atoms with Crippen LogP contribution in [0.15, 0.2) is 29.1 Å². The van der Waals surface area contributed by atoms with Gasteiger partial charge in [0.25, 0.3) is 11.5 Å². The van der Waals surface area contributed by atoms with Gasteiger partial charge in [-0.25, -0.2) is 0 Å². The second-order valence-electron chi connectivity index (χ2n) is 8.27. The topological polar surface area (TPSA) is 155 Å². The summed E-state index contributed by atoms with van der Waals surface area (Å²) in [6.07, 6.45) is 1.49. The molecule has 1 heterocycles. The summed E-state index contributed by atoms with van der Waals surface area (Å²) in [7, 11) is 1.55. The molecule has 4 N–H and O–H groups in total. The smallest absolute Gasteiger partial charge is 0.270 e. The minimum Gasteiger partial charge on any atom is -0.394 e. The van der Waals surface area contributed by atoms with Gasteiger partial charge in [-0.1, -0.05) is 6.07 Å². The first-order valence-electron chi connectivity index (χ1n) is 11.2. The molecule has 0 aliphatic heterocycles. The number of benzene rings is 1. The summed E-state index contributed by atoms with van der Waals surface area (Å²) >= 11 is 1.01. The summed E-state index contributed by atoms with van der Waals surface area (Å²) in [6.45, 7) is 5.52. The number of aromatic nitrogens is 1. The molecule has 1 aromatic carbocycles. The normalized spacial score (nSPS) is 12.6. The zero-order valence-electron chi connectivity index (χ0n) is 20.7. The Morgan fingerprint density at radius 3 is 2.64 bits per heavy atom. The fourth-order valence-electron chi connectivity index (χ4n) is 2.94. The van der Waals surface area contributed by atoms with Crippen LogP contribution >= 0.6 is 11.3 Å². The molecule has 2 rings (SSSR count). The molecule has 2 amide bonds. The molecule has 0 fully saturated rings. The third-order valence-electron chi connectivity index (χ3n) is 4.81. The van der Waals surface area contributed by atoms with Crippen molar-refractivity contribution < 1.29 is 24.2 Å². The van der Waals surface area contributed by atoms with Gasteiger partial charge in [-0.2, -0.15) is 5.26 Å². The number of rotatable bonds is 12. The lowest BCUT2D eigenvalue weighted by Gasteiger charge is -2.22. The van der Waals surface area contributed by atoms with E-state index in [0.717, 1.165) is 11.3 Å². The Bertz CT molecular complexity index is 1290. The van der Waals surface area contributed by atoms with Gasteiger partial charge in [-0.3, -0.25) is 19.0 Å². The predicted octanol–water partition coefficient (Wildman–Crippen LogP) is -0.0573. The van der Waals surface area contributed by atoms with Crippen LogP contribution in [0.4, 0.5) is 11.4 Å². The van der Waals surface area contributed by atoms with Gasteiger partial charge < -0.3 is 30.5 Å². The van der Waals surface area contributed by atoms with E-state index < -0.39 is 11.4 Å². The third kappa shape index (κ3) is 8.03. The number of thiazole rings is 1. The van der Waals surface area contributed by atoms with Crippen LogP contribution in [0.2, 0.25) is 0 Å². The average Bonchev–Trinajstić information content (AvgIpc) is 3.15. The van der Waals surface area contributed by atoms with Crippen molar-refractivity contribution in [3.63, 3.8) is 0 Å². The Morgan fingerprint density at radius 1 is 1.28 bits per heavy atom. The highest BCUT2D eigenvalue weighted by Crippen LogP contribution is 2.15. The summed E-state index contributed by atoms with van der Waals surface area (Å²) in [5.41, 5.74) is -0.352. The van der Waals surface area contributed by atoms with Gasteiger partial charge in [-0.15, -0.1) is 11.3 Å². The molecule has 12 heteroatoms. The predicted molar refractivity (Wildman–Crippen MR) is 138 cm³/mol. The van der Waals surface area contributed by atoms with Crippen molar-refractivity contribution in [3.05, 3.63) is 43.8 Å². The van der Waals surface area contributed by atoms with Gasteiger partial charge in [0.1, 0.15) is 21.9 Å². The Morgan fingerprint density at radius 2 is 2.00 bits per heavy atom. The van der Waals surface area contributed by atoms with Crippen molar-refractivity contribution in [2.45, 2.75) is 32.9 Å². The van der Waals surface area contributed by atoms with E-state index in [9.17, 15) is 24.8 Å². The number of aliphatic hydroxyl groups excluding tert-OH is 1. The summed E-state index contributed by atoms with van der Waals surface area (Å²) in [5, 5.41) is 27.4. The fraction of sp³-hybridized carbons (Fsp3) is 0.417. The molecule has 0 unspecified atom stereocenters. The van der Waals surface area contributed by atoms with Crippen molar-refractivity contribution in [1.82, 2.24) is 9.88 Å². The van der Waals surface area contributed by atoms with Crippen molar-refractivity contribution in [2.75, 3.05) is 44.2 Å². The molecule has 11 nitrogen and oxygen atoms in total. The Balaban J connectivity index is 2.29. The Kier molecular flexibility index (Phi) is 10.8. The molecule has 194 valence electrons. The molecule has 0 aliphatic rings. The lowest BCUT2D eigenvalue weighted by Crippen LogP contribution is -2.47. The molecule has 0 saturated heterocycles. The van der Waals surface area contributed by atoms with Crippen molar-refractivity contribution in [2.24, 2.45) is 0 Å². The van der Waals surface area contributed by atoms with E-state index in [1.807, 2.05) is 6.07 Å². The van der Waals surface area contributed by atoms with Crippen LogP contribution in [0.1, 0.15) is 20.8 Å². The van der Waals surface area contributed by atoms with Crippen LogP contribution in [0.25, 0.3) is 11.8 Å². The molecule has 0 spiro atoms. The van der Waals surface area contributed by atoms with Crippen LogP contribution in [0, 0.1) is 11.3 Å². The number of hydrogen-bond donors (Lipinski definition) is 4. The van der Waals surface area contributed by atoms with E-state index >= 15 is 0 Å². The number of amides is 2. The molecular formula is C24H31N5O6S. The maximum Gasteiger partial charge on any atom is 0.270 e. The summed E-state index contributed by atoms with van der Waals surface area (Å²) < 4.78 is 11.9. The quantitative estimate of drug-likeness (QED) is 0.286. The van der Waals surface area contributed by atoms with E-state index in [0.29, 0.717) is 24.6 Å². The second kappa shape index (κ2) is 13.6.